The number of hydrogen-bond acceptors (Lipinski definition) is 3. The second-order valence-corrected chi connectivity index (χ2v) is 6.26. The van der Waals surface area contributed by atoms with Gasteiger partial charge in [-0.25, -0.2) is 4.79 Å². The van der Waals surface area contributed by atoms with Crippen LogP contribution in [0.3, 0.4) is 0 Å². The zero-order valence-electron chi connectivity index (χ0n) is 14.6. The standard InChI is InChI=1S/C20H25N3O2/c1-25-19-9-4-8-18(14-19)22-20(24)21-11-5-12-23-13-10-16-6-2-3-7-17(16)15-23/h2-4,6-9,14H,5,10-13,15H2,1H3,(H2,21,22,24). The molecule has 0 fully saturated rings. The highest BCUT2D eigenvalue weighted by molar-refractivity contribution is 5.89. The van der Waals surface area contributed by atoms with E-state index < -0.39 is 0 Å². The van der Waals surface area contributed by atoms with Gasteiger partial charge in [-0.05, 0) is 36.1 Å². The molecule has 0 aromatic heterocycles. The van der Waals surface area contributed by atoms with E-state index in [2.05, 4.69) is 39.8 Å². The maximum Gasteiger partial charge on any atom is 0.319 e. The lowest BCUT2D eigenvalue weighted by atomic mass is 10.00. The Morgan fingerprint density at radius 2 is 2.00 bits per heavy atom. The van der Waals surface area contributed by atoms with E-state index in [9.17, 15) is 4.79 Å². The lowest BCUT2D eigenvalue weighted by molar-refractivity contribution is 0.242. The van der Waals surface area contributed by atoms with E-state index in [1.165, 1.54) is 11.1 Å². The number of rotatable bonds is 6. The minimum atomic E-state index is -0.183. The van der Waals surface area contributed by atoms with Gasteiger partial charge in [0.1, 0.15) is 5.75 Å². The van der Waals surface area contributed by atoms with E-state index in [-0.39, 0.29) is 6.03 Å². The first-order valence-electron chi connectivity index (χ1n) is 8.72. The fraction of sp³-hybridized carbons (Fsp3) is 0.350. The molecule has 2 aromatic carbocycles. The van der Waals surface area contributed by atoms with Crippen molar-refractivity contribution in [2.45, 2.75) is 19.4 Å². The highest BCUT2D eigenvalue weighted by atomic mass is 16.5. The van der Waals surface area contributed by atoms with Crippen LogP contribution in [0.1, 0.15) is 17.5 Å². The number of ether oxygens (including phenoxy) is 1. The number of urea groups is 1. The molecule has 0 saturated carbocycles. The summed E-state index contributed by atoms with van der Waals surface area (Å²) in [6, 6.07) is 15.8. The van der Waals surface area contributed by atoms with Gasteiger partial charge in [-0.3, -0.25) is 4.90 Å². The van der Waals surface area contributed by atoms with Crippen LogP contribution in [-0.2, 0) is 13.0 Å². The lowest BCUT2D eigenvalue weighted by Gasteiger charge is -2.28. The molecule has 2 aromatic rings. The van der Waals surface area contributed by atoms with Crippen molar-refractivity contribution in [3.63, 3.8) is 0 Å². The summed E-state index contributed by atoms with van der Waals surface area (Å²) in [4.78, 5) is 14.4. The Morgan fingerprint density at radius 1 is 1.16 bits per heavy atom. The Labute approximate surface area is 149 Å². The third-order valence-electron chi connectivity index (χ3n) is 4.47. The number of amides is 2. The molecule has 0 atom stereocenters. The van der Waals surface area contributed by atoms with Gasteiger partial charge in [0, 0.05) is 37.9 Å². The summed E-state index contributed by atoms with van der Waals surface area (Å²) in [5.41, 5.74) is 3.62. The number of hydrogen-bond donors (Lipinski definition) is 2. The van der Waals surface area contributed by atoms with Crippen LogP contribution in [0.2, 0.25) is 0 Å². The van der Waals surface area contributed by atoms with E-state index in [0.717, 1.165) is 43.9 Å². The third-order valence-corrected chi connectivity index (χ3v) is 4.47. The van der Waals surface area contributed by atoms with Crippen LogP contribution >= 0.6 is 0 Å². The molecule has 132 valence electrons. The van der Waals surface area contributed by atoms with Crippen LogP contribution in [0.15, 0.2) is 48.5 Å². The topological polar surface area (TPSA) is 53.6 Å². The van der Waals surface area contributed by atoms with Crippen LogP contribution in [0, 0.1) is 0 Å². The summed E-state index contributed by atoms with van der Waals surface area (Å²) < 4.78 is 5.15. The first kappa shape index (κ1) is 17.3. The average Bonchev–Trinajstić information content (AvgIpc) is 2.65. The average molecular weight is 339 g/mol. The summed E-state index contributed by atoms with van der Waals surface area (Å²) in [7, 11) is 1.61. The molecule has 3 rings (SSSR count). The van der Waals surface area contributed by atoms with Crippen LogP contribution < -0.4 is 15.4 Å². The highest BCUT2D eigenvalue weighted by Gasteiger charge is 2.14. The number of carbonyl (C=O) groups is 1. The Bertz CT molecular complexity index is 718. The van der Waals surface area contributed by atoms with Crippen LogP contribution in [0.25, 0.3) is 0 Å². The van der Waals surface area contributed by atoms with Crippen molar-refractivity contribution < 1.29 is 9.53 Å². The molecule has 5 nitrogen and oxygen atoms in total. The number of methoxy groups -OCH3 is 1. The Hall–Kier alpha value is -2.53. The highest BCUT2D eigenvalue weighted by Crippen LogP contribution is 2.18. The van der Waals surface area contributed by atoms with E-state index in [4.69, 9.17) is 4.74 Å². The molecule has 5 heteroatoms. The van der Waals surface area contributed by atoms with Gasteiger partial charge in [-0.1, -0.05) is 30.3 Å². The quantitative estimate of drug-likeness (QED) is 0.794. The second-order valence-electron chi connectivity index (χ2n) is 6.26. The summed E-state index contributed by atoms with van der Waals surface area (Å²) in [6.07, 6.45) is 2.05. The summed E-state index contributed by atoms with van der Waals surface area (Å²) in [5.74, 6) is 0.725. The van der Waals surface area contributed by atoms with E-state index in [0.29, 0.717) is 6.54 Å². The second kappa shape index (κ2) is 8.53. The van der Waals surface area contributed by atoms with Gasteiger partial charge >= 0.3 is 6.03 Å². The SMILES string of the molecule is COc1cccc(NC(=O)NCCCN2CCc3ccccc3C2)c1. The molecule has 25 heavy (non-hydrogen) atoms. The summed E-state index contributed by atoms with van der Waals surface area (Å²) in [6.45, 7) is 3.75. The number of fused-ring (bicyclic) bond motifs is 1. The third kappa shape index (κ3) is 4.97. The van der Waals surface area contributed by atoms with Crippen molar-refractivity contribution in [1.29, 1.82) is 0 Å². The first-order chi connectivity index (χ1) is 12.2. The molecule has 0 spiro atoms. The van der Waals surface area contributed by atoms with Gasteiger partial charge in [0.05, 0.1) is 7.11 Å². The van der Waals surface area contributed by atoms with Crippen molar-refractivity contribution >= 4 is 11.7 Å². The van der Waals surface area contributed by atoms with Gasteiger partial charge in [0.15, 0.2) is 0 Å². The molecule has 1 heterocycles. The number of nitrogens with zero attached hydrogens (tertiary/aromatic N) is 1. The van der Waals surface area contributed by atoms with Gasteiger partial charge in [0.2, 0.25) is 0 Å². The van der Waals surface area contributed by atoms with Crippen molar-refractivity contribution in [1.82, 2.24) is 10.2 Å². The summed E-state index contributed by atoms with van der Waals surface area (Å²) >= 11 is 0. The van der Waals surface area contributed by atoms with Crippen molar-refractivity contribution in [3.05, 3.63) is 59.7 Å². The monoisotopic (exact) mass is 339 g/mol. The predicted molar refractivity (Wildman–Crippen MR) is 100 cm³/mol. The van der Waals surface area contributed by atoms with Crippen LogP contribution in [0.4, 0.5) is 10.5 Å². The lowest BCUT2D eigenvalue weighted by Crippen LogP contribution is -2.34. The van der Waals surface area contributed by atoms with Crippen LogP contribution in [0.5, 0.6) is 5.75 Å². The predicted octanol–water partition coefficient (Wildman–Crippen LogP) is 3.27. The van der Waals surface area contributed by atoms with Crippen molar-refractivity contribution in [2.75, 3.05) is 32.1 Å². The van der Waals surface area contributed by atoms with E-state index in [1.807, 2.05) is 18.2 Å². The number of carbonyl (C=O) groups excluding carboxylic acids is 1. The molecule has 1 aliphatic rings. The Kier molecular flexibility index (Phi) is 5.90. The molecule has 0 bridgehead atoms. The molecule has 0 saturated heterocycles. The first-order valence-corrected chi connectivity index (χ1v) is 8.72. The minimum absolute atomic E-state index is 0.183. The Balaban J connectivity index is 1.36. The maximum atomic E-state index is 12.0. The van der Waals surface area contributed by atoms with Gasteiger partial charge in [-0.2, -0.15) is 0 Å². The van der Waals surface area contributed by atoms with Crippen molar-refractivity contribution in [2.24, 2.45) is 0 Å². The number of nitrogens with one attached hydrogen (secondary N) is 2. The van der Waals surface area contributed by atoms with Gasteiger partial charge < -0.3 is 15.4 Å². The fourth-order valence-corrected chi connectivity index (χ4v) is 3.13. The minimum Gasteiger partial charge on any atom is -0.497 e. The van der Waals surface area contributed by atoms with Crippen molar-refractivity contribution in [3.8, 4) is 5.75 Å². The fourth-order valence-electron chi connectivity index (χ4n) is 3.13. The van der Waals surface area contributed by atoms with Gasteiger partial charge in [-0.15, -0.1) is 0 Å². The van der Waals surface area contributed by atoms with Gasteiger partial charge in [0.25, 0.3) is 0 Å². The normalized spacial score (nSPS) is 13.8. The molecule has 0 unspecified atom stereocenters. The molecule has 2 N–H and O–H groups in total. The number of benzene rings is 2. The number of anilines is 1. The molecular formula is C20H25N3O2. The molecule has 2 amide bonds. The molecule has 0 radical (unpaired) electrons. The largest absolute Gasteiger partial charge is 0.497 e. The maximum absolute atomic E-state index is 12.0. The van der Waals surface area contributed by atoms with E-state index in [1.54, 1.807) is 13.2 Å². The molecule has 0 aliphatic carbocycles. The van der Waals surface area contributed by atoms with Crippen LogP contribution in [-0.4, -0.2) is 37.7 Å². The molecule has 1 aliphatic heterocycles. The zero-order valence-corrected chi connectivity index (χ0v) is 14.6. The smallest absolute Gasteiger partial charge is 0.319 e. The molecular weight excluding hydrogens is 314 g/mol. The van der Waals surface area contributed by atoms with E-state index >= 15 is 0 Å². The summed E-state index contributed by atoms with van der Waals surface area (Å²) in [5, 5.41) is 5.73. The Morgan fingerprint density at radius 3 is 2.84 bits per heavy atom. The zero-order chi connectivity index (χ0) is 17.5.